The van der Waals surface area contributed by atoms with E-state index in [1.807, 2.05) is 6.92 Å². The van der Waals surface area contributed by atoms with Crippen molar-refractivity contribution in [2.45, 2.75) is 6.92 Å². The van der Waals surface area contributed by atoms with Crippen LogP contribution in [0.25, 0.3) is 0 Å². The van der Waals surface area contributed by atoms with Gasteiger partial charge in [0.1, 0.15) is 0 Å². The molecule has 3 heteroatoms. The number of hydrogen-bond acceptors (Lipinski definition) is 3. The van der Waals surface area contributed by atoms with Crippen LogP contribution in [0.1, 0.15) is 12.5 Å². The van der Waals surface area contributed by atoms with E-state index in [1.165, 1.54) is 14.2 Å². The predicted octanol–water partition coefficient (Wildman–Crippen LogP) is 2.14. The molecule has 0 aliphatic heterocycles. The van der Waals surface area contributed by atoms with Gasteiger partial charge in [-0.1, -0.05) is 6.08 Å². The van der Waals surface area contributed by atoms with Crippen LogP contribution >= 0.6 is 0 Å². The molecule has 75 valence electrons. The third kappa shape index (κ3) is 1.99. The second kappa shape index (κ2) is 4.56. The zero-order valence-electron chi connectivity index (χ0n) is 8.50. The molecule has 14 heavy (non-hydrogen) atoms. The molecule has 0 heterocycles. The Labute approximate surface area is 83.6 Å². The Morgan fingerprint density at radius 2 is 1.71 bits per heavy atom. The quantitative estimate of drug-likeness (QED) is 0.799. The summed E-state index contributed by atoms with van der Waals surface area (Å²) in [6, 6.07) is 3.38. The highest BCUT2D eigenvalue weighted by Gasteiger charge is 2.09. The highest BCUT2D eigenvalue weighted by atomic mass is 16.5. The smallest absolute Gasteiger partial charge is 0.200 e. The maximum absolute atomic E-state index is 9.59. The van der Waals surface area contributed by atoms with E-state index in [0.29, 0.717) is 11.5 Å². The molecule has 0 aliphatic carbocycles. The normalized spacial score (nSPS) is 10.5. The van der Waals surface area contributed by atoms with Crippen molar-refractivity contribution >= 4 is 0 Å². The fourth-order valence-corrected chi connectivity index (χ4v) is 1.14. The summed E-state index contributed by atoms with van der Waals surface area (Å²) in [4.78, 5) is 0. The largest absolute Gasteiger partial charge is 0.502 e. The molecular formula is C11H13O3. The van der Waals surface area contributed by atoms with Gasteiger partial charge in [-0.3, -0.25) is 0 Å². The Morgan fingerprint density at radius 1 is 1.21 bits per heavy atom. The summed E-state index contributed by atoms with van der Waals surface area (Å²) in [5, 5.41) is 9.59. The monoisotopic (exact) mass is 193 g/mol. The van der Waals surface area contributed by atoms with Crippen LogP contribution < -0.4 is 9.47 Å². The minimum atomic E-state index is 0.0108. The van der Waals surface area contributed by atoms with E-state index in [9.17, 15) is 5.11 Å². The Bertz CT molecular complexity index is 317. The zero-order chi connectivity index (χ0) is 10.6. The molecule has 0 amide bonds. The third-order valence-corrected chi connectivity index (χ3v) is 1.79. The lowest BCUT2D eigenvalue weighted by molar-refractivity contribution is 0.339. The van der Waals surface area contributed by atoms with Gasteiger partial charge in [0, 0.05) is 0 Å². The summed E-state index contributed by atoms with van der Waals surface area (Å²) in [7, 11) is 2.99. The maximum Gasteiger partial charge on any atom is 0.200 e. The van der Waals surface area contributed by atoms with E-state index in [4.69, 9.17) is 9.47 Å². The summed E-state index contributed by atoms with van der Waals surface area (Å²) < 4.78 is 9.98. The summed E-state index contributed by atoms with van der Waals surface area (Å²) in [5.41, 5.74) is 0.805. The minimum absolute atomic E-state index is 0.0108. The minimum Gasteiger partial charge on any atom is -0.502 e. The van der Waals surface area contributed by atoms with Crippen molar-refractivity contribution in [2.24, 2.45) is 0 Å². The Hall–Kier alpha value is -1.64. The SMILES string of the molecule is C/C=[C]/c1cc(OC)c(O)c(OC)c1. The van der Waals surface area contributed by atoms with Gasteiger partial charge in [-0.15, -0.1) is 0 Å². The van der Waals surface area contributed by atoms with E-state index in [2.05, 4.69) is 6.08 Å². The molecule has 0 fully saturated rings. The van der Waals surface area contributed by atoms with Crippen LogP contribution in [-0.4, -0.2) is 19.3 Å². The van der Waals surface area contributed by atoms with E-state index in [0.717, 1.165) is 5.56 Å². The Balaban J connectivity index is 3.24. The van der Waals surface area contributed by atoms with Crippen molar-refractivity contribution in [1.82, 2.24) is 0 Å². The molecule has 0 aliphatic rings. The molecular weight excluding hydrogens is 180 g/mol. The van der Waals surface area contributed by atoms with Gasteiger partial charge in [0.05, 0.1) is 14.2 Å². The van der Waals surface area contributed by atoms with Crippen molar-refractivity contribution in [3.8, 4) is 17.2 Å². The van der Waals surface area contributed by atoms with Gasteiger partial charge in [0.2, 0.25) is 5.75 Å². The molecule has 1 aromatic rings. The van der Waals surface area contributed by atoms with Crippen LogP contribution in [0.3, 0.4) is 0 Å². The molecule has 0 atom stereocenters. The van der Waals surface area contributed by atoms with Gasteiger partial charge in [-0.05, 0) is 30.7 Å². The van der Waals surface area contributed by atoms with Crippen molar-refractivity contribution in [1.29, 1.82) is 0 Å². The first-order chi connectivity index (χ1) is 6.72. The highest BCUT2D eigenvalue weighted by molar-refractivity contribution is 5.53. The number of allylic oxidation sites excluding steroid dienone is 1. The number of ether oxygens (including phenoxy) is 2. The first-order valence-electron chi connectivity index (χ1n) is 4.22. The molecule has 1 aromatic carbocycles. The molecule has 0 saturated heterocycles. The highest BCUT2D eigenvalue weighted by Crippen LogP contribution is 2.36. The molecule has 0 unspecified atom stereocenters. The van der Waals surface area contributed by atoms with E-state index >= 15 is 0 Å². The number of rotatable bonds is 3. The zero-order valence-corrected chi connectivity index (χ0v) is 8.50. The number of phenolic OH excluding ortho intramolecular Hbond substituents is 1. The topological polar surface area (TPSA) is 38.7 Å². The number of aromatic hydroxyl groups is 1. The summed E-state index contributed by atoms with van der Waals surface area (Å²) in [6.07, 6.45) is 4.77. The lowest BCUT2D eigenvalue weighted by atomic mass is 10.1. The Morgan fingerprint density at radius 3 is 2.07 bits per heavy atom. The van der Waals surface area contributed by atoms with Crippen molar-refractivity contribution in [3.63, 3.8) is 0 Å². The average molecular weight is 193 g/mol. The van der Waals surface area contributed by atoms with Crippen LogP contribution in [0.5, 0.6) is 17.2 Å². The maximum atomic E-state index is 9.59. The lowest BCUT2D eigenvalue weighted by Crippen LogP contribution is -1.90. The molecule has 0 spiro atoms. The third-order valence-electron chi connectivity index (χ3n) is 1.79. The van der Waals surface area contributed by atoms with Crippen LogP contribution in [0, 0.1) is 6.08 Å². The first kappa shape index (κ1) is 10.4. The first-order valence-corrected chi connectivity index (χ1v) is 4.22. The van der Waals surface area contributed by atoms with Gasteiger partial charge in [-0.2, -0.15) is 0 Å². The predicted molar refractivity (Wildman–Crippen MR) is 53.8 cm³/mol. The summed E-state index contributed by atoms with van der Waals surface area (Å²) in [6.45, 7) is 1.87. The van der Waals surface area contributed by atoms with Crippen LogP contribution in [0.2, 0.25) is 0 Å². The molecule has 3 nitrogen and oxygen atoms in total. The van der Waals surface area contributed by atoms with Crippen molar-refractivity contribution in [3.05, 3.63) is 29.8 Å². The van der Waals surface area contributed by atoms with Gasteiger partial charge in [-0.25, -0.2) is 0 Å². The molecule has 0 saturated carbocycles. The van der Waals surface area contributed by atoms with E-state index < -0.39 is 0 Å². The van der Waals surface area contributed by atoms with Gasteiger partial charge in [0.15, 0.2) is 11.5 Å². The van der Waals surface area contributed by atoms with Gasteiger partial charge >= 0.3 is 0 Å². The van der Waals surface area contributed by atoms with Gasteiger partial charge < -0.3 is 14.6 Å². The van der Waals surface area contributed by atoms with Gasteiger partial charge in [0.25, 0.3) is 0 Å². The fourth-order valence-electron chi connectivity index (χ4n) is 1.14. The van der Waals surface area contributed by atoms with Crippen LogP contribution in [0.4, 0.5) is 0 Å². The number of methoxy groups -OCH3 is 2. The molecule has 0 bridgehead atoms. The molecule has 1 radical (unpaired) electrons. The summed E-state index contributed by atoms with van der Waals surface area (Å²) >= 11 is 0. The fraction of sp³-hybridized carbons (Fsp3) is 0.273. The van der Waals surface area contributed by atoms with Crippen LogP contribution in [0.15, 0.2) is 18.2 Å². The Kier molecular flexibility index (Phi) is 3.40. The van der Waals surface area contributed by atoms with Crippen molar-refractivity contribution in [2.75, 3.05) is 14.2 Å². The second-order valence-electron chi connectivity index (χ2n) is 2.66. The molecule has 1 rings (SSSR count). The lowest BCUT2D eigenvalue weighted by Gasteiger charge is -2.08. The number of phenols is 1. The molecule has 0 aromatic heterocycles. The van der Waals surface area contributed by atoms with E-state index in [-0.39, 0.29) is 5.75 Å². The van der Waals surface area contributed by atoms with Crippen LogP contribution in [-0.2, 0) is 0 Å². The number of benzene rings is 1. The number of hydrogen-bond donors (Lipinski definition) is 1. The summed E-state index contributed by atoms with van der Waals surface area (Å²) in [5.74, 6) is 0.777. The standard InChI is InChI=1S/C11H13O3/c1-4-5-8-6-9(13-2)11(12)10(7-8)14-3/h4,6-7,12H,1-3H3. The molecule has 1 N–H and O–H groups in total. The van der Waals surface area contributed by atoms with E-state index in [1.54, 1.807) is 18.2 Å². The van der Waals surface area contributed by atoms with Crippen molar-refractivity contribution < 1.29 is 14.6 Å². The average Bonchev–Trinajstić information content (AvgIpc) is 2.20. The second-order valence-corrected chi connectivity index (χ2v) is 2.66.